The van der Waals surface area contributed by atoms with Crippen molar-refractivity contribution in [3.8, 4) is 0 Å². The molecule has 0 saturated heterocycles. The summed E-state index contributed by atoms with van der Waals surface area (Å²) in [7, 11) is 0. The van der Waals surface area contributed by atoms with Crippen LogP contribution in [-0.4, -0.2) is 21.9 Å². The van der Waals surface area contributed by atoms with Crippen LogP contribution >= 0.6 is 11.6 Å². The van der Waals surface area contributed by atoms with Crippen LogP contribution in [0, 0.1) is 0 Å². The molecule has 0 radical (unpaired) electrons. The molecular weight excluding hydrogens is 228 g/mol. The van der Waals surface area contributed by atoms with Crippen molar-refractivity contribution in [2.75, 3.05) is 6.61 Å². The molecule has 16 heavy (non-hydrogen) atoms. The van der Waals surface area contributed by atoms with Crippen molar-refractivity contribution in [1.29, 1.82) is 0 Å². The van der Waals surface area contributed by atoms with Crippen molar-refractivity contribution in [2.45, 2.75) is 12.8 Å². The number of hydrogen-bond acceptors (Lipinski definition) is 4. The van der Waals surface area contributed by atoms with Gasteiger partial charge in [-0.15, -0.1) is 10.2 Å². The maximum absolute atomic E-state index is 8.71. The largest absolute Gasteiger partial charge is 0.425 e. The molecule has 4 nitrogen and oxygen atoms in total. The molecule has 2 rings (SSSR count). The zero-order chi connectivity index (χ0) is 11.4. The van der Waals surface area contributed by atoms with Gasteiger partial charge in [0.05, 0.1) is 13.0 Å². The molecule has 0 amide bonds. The van der Waals surface area contributed by atoms with Gasteiger partial charge in [-0.3, -0.25) is 0 Å². The maximum atomic E-state index is 8.71. The van der Waals surface area contributed by atoms with Crippen LogP contribution < -0.4 is 0 Å². The minimum absolute atomic E-state index is 0.00767. The molecule has 5 heteroatoms. The number of hydrogen-bond donors (Lipinski definition) is 1. The van der Waals surface area contributed by atoms with E-state index < -0.39 is 0 Å². The van der Waals surface area contributed by atoms with Crippen LogP contribution in [0.2, 0.25) is 5.02 Å². The van der Waals surface area contributed by atoms with Crippen molar-refractivity contribution < 1.29 is 9.52 Å². The van der Waals surface area contributed by atoms with Gasteiger partial charge in [-0.25, -0.2) is 0 Å². The zero-order valence-electron chi connectivity index (χ0n) is 8.56. The highest BCUT2D eigenvalue weighted by Gasteiger charge is 2.08. The van der Waals surface area contributed by atoms with Crippen LogP contribution in [0.4, 0.5) is 0 Å². The molecule has 84 valence electrons. The summed E-state index contributed by atoms with van der Waals surface area (Å²) < 4.78 is 5.34. The summed E-state index contributed by atoms with van der Waals surface area (Å²) >= 11 is 6.01. The fourth-order valence-electron chi connectivity index (χ4n) is 1.36. The van der Waals surface area contributed by atoms with E-state index in [4.69, 9.17) is 21.1 Å². The van der Waals surface area contributed by atoms with E-state index in [0.29, 0.717) is 29.6 Å². The summed E-state index contributed by atoms with van der Waals surface area (Å²) in [5, 5.41) is 17.1. The molecule has 0 saturated carbocycles. The van der Waals surface area contributed by atoms with Gasteiger partial charge in [-0.2, -0.15) is 0 Å². The zero-order valence-corrected chi connectivity index (χ0v) is 9.31. The molecule has 2 aromatic rings. The van der Waals surface area contributed by atoms with Gasteiger partial charge in [0.1, 0.15) is 0 Å². The van der Waals surface area contributed by atoms with E-state index in [9.17, 15) is 0 Å². The summed E-state index contributed by atoms with van der Waals surface area (Å²) in [6, 6.07) is 7.52. The molecule has 0 atom stereocenters. The van der Waals surface area contributed by atoms with Crippen LogP contribution in [0.5, 0.6) is 0 Å². The van der Waals surface area contributed by atoms with Gasteiger partial charge < -0.3 is 9.52 Å². The highest BCUT2D eigenvalue weighted by molar-refractivity contribution is 6.31. The lowest BCUT2D eigenvalue weighted by molar-refractivity contribution is 0.283. The smallest absolute Gasteiger partial charge is 0.220 e. The van der Waals surface area contributed by atoms with Crippen LogP contribution in [0.1, 0.15) is 17.3 Å². The Balaban J connectivity index is 2.11. The number of rotatable bonds is 4. The van der Waals surface area contributed by atoms with Gasteiger partial charge in [-0.05, 0) is 11.6 Å². The number of aliphatic hydroxyl groups is 1. The minimum Gasteiger partial charge on any atom is -0.425 e. The Morgan fingerprint density at radius 2 is 1.94 bits per heavy atom. The van der Waals surface area contributed by atoms with E-state index >= 15 is 0 Å². The Labute approximate surface area is 97.9 Å². The molecule has 0 bridgehead atoms. The van der Waals surface area contributed by atoms with E-state index in [2.05, 4.69) is 10.2 Å². The van der Waals surface area contributed by atoms with Gasteiger partial charge in [0.25, 0.3) is 0 Å². The molecule has 1 aromatic heterocycles. The molecule has 0 aliphatic carbocycles. The van der Waals surface area contributed by atoms with E-state index in [1.54, 1.807) is 0 Å². The molecule has 1 aromatic carbocycles. The van der Waals surface area contributed by atoms with Crippen molar-refractivity contribution >= 4 is 11.6 Å². The number of halogens is 1. The molecule has 1 heterocycles. The maximum Gasteiger partial charge on any atom is 0.220 e. The summed E-state index contributed by atoms with van der Waals surface area (Å²) in [6.45, 7) is 0.00767. The second kappa shape index (κ2) is 5.09. The van der Waals surface area contributed by atoms with Crippen molar-refractivity contribution in [2.24, 2.45) is 0 Å². The molecule has 0 aliphatic heterocycles. The monoisotopic (exact) mass is 238 g/mol. The molecule has 0 fully saturated rings. The number of nitrogens with zero attached hydrogens (tertiary/aromatic N) is 2. The van der Waals surface area contributed by atoms with Gasteiger partial charge >= 0.3 is 0 Å². The lowest BCUT2D eigenvalue weighted by atomic mass is 10.1. The Bertz CT molecular complexity index is 471. The normalized spacial score (nSPS) is 10.6. The van der Waals surface area contributed by atoms with Gasteiger partial charge in [0.2, 0.25) is 11.8 Å². The van der Waals surface area contributed by atoms with Crippen LogP contribution in [0.3, 0.4) is 0 Å². The van der Waals surface area contributed by atoms with Crippen molar-refractivity contribution in [3.63, 3.8) is 0 Å². The molecule has 0 spiro atoms. The Morgan fingerprint density at radius 1 is 1.19 bits per heavy atom. The molecule has 1 N–H and O–H groups in total. The average molecular weight is 239 g/mol. The van der Waals surface area contributed by atoms with Gasteiger partial charge in [0.15, 0.2) is 0 Å². The van der Waals surface area contributed by atoms with E-state index in [-0.39, 0.29) is 6.61 Å². The predicted octanol–water partition coefficient (Wildman–Crippen LogP) is 1.85. The standard InChI is InChI=1S/C11H11ClN2O2/c12-9-4-2-1-3-8(9)7-11-14-13-10(16-11)5-6-15/h1-4,15H,5-7H2. The lowest BCUT2D eigenvalue weighted by Crippen LogP contribution is -1.89. The second-order valence-electron chi connectivity index (χ2n) is 3.33. The third-order valence-electron chi connectivity index (χ3n) is 2.13. The van der Waals surface area contributed by atoms with E-state index in [1.165, 1.54) is 0 Å². The quantitative estimate of drug-likeness (QED) is 0.883. The summed E-state index contributed by atoms with van der Waals surface area (Å²) in [4.78, 5) is 0. The highest BCUT2D eigenvalue weighted by Crippen LogP contribution is 2.18. The first-order valence-corrected chi connectivity index (χ1v) is 5.33. The molecule has 0 aliphatic rings. The van der Waals surface area contributed by atoms with E-state index in [0.717, 1.165) is 5.56 Å². The van der Waals surface area contributed by atoms with E-state index in [1.807, 2.05) is 24.3 Å². The summed E-state index contributed by atoms with van der Waals surface area (Å²) in [5.41, 5.74) is 0.948. The van der Waals surface area contributed by atoms with Crippen LogP contribution in [0.15, 0.2) is 28.7 Å². The number of aliphatic hydroxyl groups excluding tert-OH is 1. The van der Waals surface area contributed by atoms with Gasteiger partial charge in [-0.1, -0.05) is 29.8 Å². The number of benzene rings is 1. The first-order valence-electron chi connectivity index (χ1n) is 4.95. The van der Waals surface area contributed by atoms with Gasteiger partial charge in [0, 0.05) is 11.4 Å². The third kappa shape index (κ3) is 2.59. The first-order chi connectivity index (χ1) is 7.79. The fourth-order valence-corrected chi connectivity index (χ4v) is 1.56. The van der Waals surface area contributed by atoms with Crippen molar-refractivity contribution in [1.82, 2.24) is 10.2 Å². The van der Waals surface area contributed by atoms with Crippen LogP contribution in [-0.2, 0) is 12.8 Å². The minimum atomic E-state index is 0.00767. The topological polar surface area (TPSA) is 59.2 Å². The van der Waals surface area contributed by atoms with Crippen LogP contribution in [0.25, 0.3) is 0 Å². The Kier molecular flexibility index (Phi) is 3.54. The summed E-state index contributed by atoms with van der Waals surface area (Å²) in [5.74, 6) is 0.959. The lowest BCUT2D eigenvalue weighted by Gasteiger charge is -1.99. The third-order valence-corrected chi connectivity index (χ3v) is 2.50. The molecular formula is C11H11ClN2O2. The SMILES string of the molecule is OCCc1nnc(Cc2ccccc2Cl)o1. The summed E-state index contributed by atoms with van der Waals surface area (Å²) in [6.07, 6.45) is 0.896. The average Bonchev–Trinajstić information content (AvgIpc) is 2.70. The highest BCUT2D eigenvalue weighted by atomic mass is 35.5. The Hall–Kier alpha value is -1.39. The predicted molar refractivity (Wildman–Crippen MR) is 59.3 cm³/mol. The second-order valence-corrected chi connectivity index (χ2v) is 3.74. The fraction of sp³-hybridized carbons (Fsp3) is 0.273. The first kappa shape index (κ1) is 11.1. The Morgan fingerprint density at radius 3 is 2.69 bits per heavy atom. The molecule has 0 unspecified atom stereocenters. The number of aromatic nitrogens is 2. The van der Waals surface area contributed by atoms with Crippen molar-refractivity contribution in [3.05, 3.63) is 46.6 Å².